The first-order valence-corrected chi connectivity index (χ1v) is 12.1. The summed E-state index contributed by atoms with van der Waals surface area (Å²) >= 11 is 3.08. The minimum absolute atomic E-state index is 0.0631. The van der Waals surface area contributed by atoms with Gasteiger partial charge in [0.1, 0.15) is 10.4 Å². The first-order valence-electron chi connectivity index (χ1n) is 10.2. The molecule has 0 radical (unpaired) electrons. The lowest BCUT2D eigenvalue weighted by Gasteiger charge is -2.12. The van der Waals surface area contributed by atoms with Crippen molar-refractivity contribution in [1.29, 1.82) is 0 Å². The lowest BCUT2D eigenvalue weighted by molar-refractivity contribution is 0.408. The third kappa shape index (κ3) is 3.59. The van der Waals surface area contributed by atoms with Crippen LogP contribution in [0.25, 0.3) is 16.0 Å². The maximum absolute atomic E-state index is 13.3. The van der Waals surface area contributed by atoms with E-state index in [0.717, 1.165) is 27.7 Å². The Bertz CT molecular complexity index is 1500. The van der Waals surface area contributed by atoms with E-state index in [2.05, 4.69) is 42.2 Å². The molecule has 0 fully saturated rings. The Hall–Kier alpha value is -3.10. The molecule has 5 aromatic rings. The number of methoxy groups -OCH3 is 1. The fourth-order valence-corrected chi connectivity index (χ4v) is 5.67. The van der Waals surface area contributed by atoms with Crippen molar-refractivity contribution in [3.8, 4) is 5.75 Å². The van der Waals surface area contributed by atoms with Crippen LogP contribution in [0.3, 0.4) is 0 Å². The van der Waals surface area contributed by atoms with Gasteiger partial charge in [-0.2, -0.15) is 0 Å². The van der Waals surface area contributed by atoms with Crippen LogP contribution in [0.4, 0.5) is 0 Å². The van der Waals surface area contributed by atoms with Crippen molar-refractivity contribution in [2.24, 2.45) is 0 Å². The summed E-state index contributed by atoms with van der Waals surface area (Å²) in [5, 5.41) is 11.6. The number of hydrogen-bond acceptors (Lipinski definition) is 6. The average Bonchev–Trinajstić information content (AvgIpc) is 3.44. The van der Waals surface area contributed by atoms with E-state index in [0.29, 0.717) is 17.0 Å². The van der Waals surface area contributed by atoms with Crippen LogP contribution in [0.1, 0.15) is 22.3 Å². The van der Waals surface area contributed by atoms with Crippen LogP contribution in [0, 0.1) is 13.8 Å². The van der Waals surface area contributed by atoms with E-state index >= 15 is 0 Å². The van der Waals surface area contributed by atoms with Crippen molar-refractivity contribution in [2.45, 2.75) is 31.3 Å². The molecule has 2 aromatic carbocycles. The zero-order chi connectivity index (χ0) is 22.2. The molecule has 0 N–H and O–H groups in total. The number of ether oxygens (including phenoxy) is 1. The van der Waals surface area contributed by atoms with Gasteiger partial charge in [-0.1, -0.05) is 53.7 Å². The number of thiophene rings is 1. The third-order valence-electron chi connectivity index (χ3n) is 5.56. The maximum atomic E-state index is 13.3. The summed E-state index contributed by atoms with van der Waals surface area (Å²) in [4.78, 5) is 13.3. The molecule has 5 rings (SSSR count). The van der Waals surface area contributed by atoms with E-state index < -0.39 is 0 Å². The van der Waals surface area contributed by atoms with Crippen molar-refractivity contribution in [1.82, 2.24) is 19.2 Å². The topological polar surface area (TPSA) is 61.4 Å². The second-order valence-electron chi connectivity index (χ2n) is 7.67. The van der Waals surface area contributed by atoms with E-state index in [1.807, 2.05) is 40.1 Å². The molecule has 0 spiro atoms. The second-order valence-corrected chi connectivity index (χ2v) is 9.53. The maximum Gasteiger partial charge on any atom is 0.273 e. The summed E-state index contributed by atoms with van der Waals surface area (Å²) in [5.41, 5.74) is 5.47. The van der Waals surface area contributed by atoms with Gasteiger partial charge in [-0.3, -0.25) is 13.8 Å². The van der Waals surface area contributed by atoms with Crippen molar-refractivity contribution in [3.63, 3.8) is 0 Å². The number of fused-ring (bicyclic) bond motifs is 3. The third-order valence-corrected chi connectivity index (χ3v) is 7.43. The fourth-order valence-electron chi connectivity index (χ4n) is 3.84. The van der Waals surface area contributed by atoms with E-state index in [-0.39, 0.29) is 5.56 Å². The number of aromatic nitrogens is 4. The molecule has 3 aromatic heterocycles. The predicted octanol–water partition coefficient (Wildman–Crippen LogP) is 5.07. The normalized spacial score (nSPS) is 11.5. The molecule has 0 unspecified atom stereocenters. The largest absolute Gasteiger partial charge is 0.496 e. The van der Waals surface area contributed by atoms with E-state index in [9.17, 15) is 4.79 Å². The van der Waals surface area contributed by atoms with Crippen LogP contribution in [-0.4, -0.2) is 26.3 Å². The molecular formula is C24H22N4O2S2. The summed E-state index contributed by atoms with van der Waals surface area (Å²) < 4.78 is 9.88. The van der Waals surface area contributed by atoms with Gasteiger partial charge in [0.25, 0.3) is 5.56 Å². The molecule has 6 nitrogen and oxygen atoms in total. The van der Waals surface area contributed by atoms with Crippen molar-refractivity contribution >= 4 is 39.1 Å². The van der Waals surface area contributed by atoms with Gasteiger partial charge in [-0.05, 0) is 42.5 Å². The molecule has 0 amide bonds. The Morgan fingerprint density at radius 2 is 1.91 bits per heavy atom. The molecule has 162 valence electrons. The van der Waals surface area contributed by atoms with Crippen LogP contribution in [0.2, 0.25) is 0 Å². The summed E-state index contributed by atoms with van der Waals surface area (Å²) in [5.74, 6) is 2.06. The van der Waals surface area contributed by atoms with Crippen LogP contribution >= 0.6 is 23.1 Å². The number of nitrogens with zero attached hydrogens (tertiary/aromatic N) is 4. The Balaban J connectivity index is 1.61. The average molecular weight is 463 g/mol. The fraction of sp³-hybridized carbons (Fsp3) is 0.208. The number of para-hydroxylation sites is 1. The highest BCUT2D eigenvalue weighted by molar-refractivity contribution is 7.98. The number of rotatable bonds is 6. The molecule has 0 aliphatic carbocycles. The molecular weight excluding hydrogens is 440 g/mol. The van der Waals surface area contributed by atoms with Crippen molar-refractivity contribution < 1.29 is 4.74 Å². The number of aryl methyl sites for hydroxylation is 2. The SMILES string of the molecule is COc1ccccc1Cn1c(=O)c2sccc2n2c(SCc3cc(C)ccc3C)nnc12. The summed E-state index contributed by atoms with van der Waals surface area (Å²) in [6.45, 7) is 4.59. The standard InChI is InChI=1S/C24H22N4O2S2/c1-15-8-9-16(2)18(12-15)14-32-24-26-25-23-27(13-17-6-4-5-7-20(17)30-3)22(29)21-19(28(23)24)10-11-31-21/h4-12H,13-14H2,1-3H3. The van der Waals surface area contributed by atoms with E-state index in [1.165, 1.54) is 28.0 Å². The highest BCUT2D eigenvalue weighted by Crippen LogP contribution is 2.28. The van der Waals surface area contributed by atoms with Gasteiger partial charge in [0.2, 0.25) is 5.78 Å². The Kier molecular flexibility index (Phi) is 5.48. The Morgan fingerprint density at radius 3 is 2.75 bits per heavy atom. The monoisotopic (exact) mass is 462 g/mol. The lowest BCUT2D eigenvalue weighted by Crippen LogP contribution is -2.23. The van der Waals surface area contributed by atoms with Gasteiger partial charge >= 0.3 is 0 Å². The van der Waals surface area contributed by atoms with Crippen LogP contribution in [0.15, 0.2) is 63.9 Å². The quantitative estimate of drug-likeness (QED) is 0.330. The van der Waals surface area contributed by atoms with E-state index in [4.69, 9.17) is 4.74 Å². The minimum Gasteiger partial charge on any atom is -0.496 e. The van der Waals surface area contributed by atoms with Crippen LogP contribution in [-0.2, 0) is 12.3 Å². The number of hydrogen-bond donors (Lipinski definition) is 0. The summed E-state index contributed by atoms with van der Waals surface area (Å²) in [6.07, 6.45) is 0. The van der Waals surface area contributed by atoms with Gasteiger partial charge in [0.15, 0.2) is 5.16 Å². The van der Waals surface area contributed by atoms with Gasteiger partial charge < -0.3 is 4.74 Å². The molecule has 0 aliphatic rings. The second kappa shape index (κ2) is 8.44. The molecule has 8 heteroatoms. The van der Waals surface area contributed by atoms with Crippen LogP contribution in [0.5, 0.6) is 5.75 Å². The van der Waals surface area contributed by atoms with Crippen molar-refractivity contribution in [2.75, 3.05) is 7.11 Å². The van der Waals surface area contributed by atoms with Crippen LogP contribution < -0.4 is 10.3 Å². The molecule has 0 bridgehead atoms. The van der Waals surface area contributed by atoms with Gasteiger partial charge in [-0.15, -0.1) is 21.5 Å². The number of thioether (sulfide) groups is 1. The Morgan fingerprint density at radius 1 is 1.06 bits per heavy atom. The molecule has 32 heavy (non-hydrogen) atoms. The molecule has 0 saturated heterocycles. The Labute approximate surface area is 193 Å². The van der Waals surface area contributed by atoms with Gasteiger partial charge in [0.05, 0.1) is 19.2 Å². The molecule has 0 saturated carbocycles. The zero-order valence-corrected chi connectivity index (χ0v) is 19.7. The minimum atomic E-state index is -0.0631. The highest BCUT2D eigenvalue weighted by Gasteiger charge is 2.19. The first kappa shape index (κ1) is 20.8. The molecule has 0 aliphatic heterocycles. The highest BCUT2D eigenvalue weighted by atomic mass is 32.2. The molecule has 3 heterocycles. The smallest absolute Gasteiger partial charge is 0.273 e. The van der Waals surface area contributed by atoms with Gasteiger partial charge in [-0.25, -0.2) is 0 Å². The number of benzene rings is 2. The zero-order valence-electron chi connectivity index (χ0n) is 18.0. The summed E-state index contributed by atoms with van der Waals surface area (Å²) in [7, 11) is 1.64. The first-order chi connectivity index (χ1) is 15.6. The predicted molar refractivity (Wildman–Crippen MR) is 130 cm³/mol. The van der Waals surface area contributed by atoms with E-state index in [1.54, 1.807) is 23.4 Å². The van der Waals surface area contributed by atoms with Gasteiger partial charge in [0, 0.05) is 11.3 Å². The molecule has 0 atom stereocenters. The summed E-state index contributed by atoms with van der Waals surface area (Å²) in [6, 6.07) is 16.2. The lowest BCUT2D eigenvalue weighted by atomic mass is 10.1. The van der Waals surface area contributed by atoms with Crippen molar-refractivity contribution in [3.05, 3.63) is 86.5 Å².